The number of fused-ring (bicyclic) bond motifs is 2. The van der Waals surface area contributed by atoms with Crippen molar-refractivity contribution in [3.05, 3.63) is 71.3 Å². The molecule has 0 bridgehead atoms. The molecule has 2 aromatic carbocycles. The summed E-state index contributed by atoms with van der Waals surface area (Å²) in [5.74, 6) is 1.93. The fourth-order valence-corrected chi connectivity index (χ4v) is 4.01. The fraction of sp³-hybridized carbons (Fsp3) is 0.0455. The van der Waals surface area contributed by atoms with Gasteiger partial charge in [-0.25, -0.2) is 0 Å². The van der Waals surface area contributed by atoms with Crippen LogP contribution in [-0.4, -0.2) is 16.1 Å². The number of ketones is 1. The summed E-state index contributed by atoms with van der Waals surface area (Å²) in [6.07, 6.45) is 9.92. The summed E-state index contributed by atoms with van der Waals surface area (Å²) in [4.78, 5) is 25.8. The lowest BCUT2D eigenvalue weighted by Gasteiger charge is -2.18. The van der Waals surface area contributed by atoms with Crippen LogP contribution in [-0.2, 0) is 4.79 Å². The SMILES string of the molecule is C#C/C=C\C(=C/C)C(=O)Nc1ccc2snc3c2c1C(=O)c1ccccc1-3. The fourth-order valence-electron chi connectivity index (χ4n) is 3.22. The van der Waals surface area contributed by atoms with E-state index in [0.717, 1.165) is 21.3 Å². The molecule has 4 rings (SSSR count). The van der Waals surface area contributed by atoms with E-state index in [-0.39, 0.29) is 11.7 Å². The lowest BCUT2D eigenvalue weighted by molar-refractivity contribution is -0.112. The summed E-state index contributed by atoms with van der Waals surface area (Å²) in [5, 5.41) is 3.65. The summed E-state index contributed by atoms with van der Waals surface area (Å²) in [7, 11) is 0. The number of hydrogen-bond acceptors (Lipinski definition) is 4. The molecule has 0 aliphatic heterocycles. The molecule has 5 heteroatoms. The minimum absolute atomic E-state index is 0.111. The average molecular weight is 370 g/mol. The molecule has 3 aromatic rings. The highest BCUT2D eigenvalue weighted by Crippen LogP contribution is 2.43. The predicted molar refractivity (Wildman–Crippen MR) is 109 cm³/mol. The van der Waals surface area contributed by atoms with Gasteiger partial charge in [0.05, 0.1) is 21.6 Å². The van der Waals surface area contributed by atoms with Crippen molar-refractivity contribution in [3.8, 4) is 23.6 Å². The average Bonchev–Trinajstić information content (AvgIpc) is 3.12. The lowest BCUT2D eigenvalue weighted by Crippen LogP contribution is -2.18. The Balaban J connectivity index is 1.85. The molecule has 0 radical (unpaired) electrons. The van der Waals surface area contributed by atoms with E-state index in [1.165, 1.54) is 17.6 Å². The van der Waals surface area contributed by atoms with Crippen LogP contribution < -0.4 is 5.32 Å². The van der Waals surface area contributed by atoms with Crippen LogP contribution in [0.1, 0.15) is 22.8 Å². The molecule has 0 atom stereocenters. The van der Waals surface area contributed by atoms with E-state index in [2.05, 4.69) is 15.6 Å². The third-order valence-corrected chi connectivity index (χ3v) is 5.28. The molecule has 1 aromatic heterocycles. The zero-order chi connectivity index (χ0) is 19.0. The quantitative estimate of drug-likeness (QED) is 0.326. The summed E-state index contributed by atoms with van der Waals surface area (Å²) < 4.78 is 5.46. The number of hydrogen-bond donors (Lipinski definition) is 1. The van der Waals surface area contributed by atoms with Crippen LogP contribution in [0.2, 0.25) is 0 Å². The normalized spacial score (nSPS) is 12.9. The Morgan fingerprint density at radius 3 is 2.74 bits per heavy atom. The van der Waals surface area contributed by atoms with Gasteiger partial charge in [0.15, 0.2) is 5.78 Å². The van der Waals surface area contributed by atoms with Gasteiger partial charge in [0.25, 0.3) is 5.91 Å². The van der Waals surface area contributed by atoms with Crippen LogP contribution >= 0.6 is 11.5 Å². The molecule has 1 amide bonds. The highest BCUT2D eigenvalue weighted by molar-refractivity contribution is 7.13. The number of nitrogens with zero attached hydrogens (tertiary/aromatic N) is 1. The van der Waals surface area contributed by atoms with Gasteiger partial charge in [0.2, 0.25) is 0 Å². The maximum Gasteiger partial charge on any atom is 0.255 e. The van der Waals surface area contributed by atoms with E-state index in [4.69, 9.17) is 6.42 Å². The van der Waals surface area contributed by atoms with E-state index >= 15 is 0 Å². The van der Waals surface area contributed by atoms with Gasteiger partial charge in [-0.15, -0.1) is 6.42 Å². The van der Waals surface area contributed by atoms with E-state index < -0.39 is 0 Å². The lowest BCUT2D eigenvalue weighted by atomic mass is 9.86. The summed E-state index contributed by atoms with van der Waals surface area (Å²) in [5.41, 5.74) is 3.59. The maximum absolute atomic E-state index is 13.2. The Kier molecular flexibility index (Phi) is 4.19. The minimum atomic E-state index is -0.323. The first kappa shape index (κ1) is 17.0. The molecule has 0 saturated carbocycles. The van der Waals surface area contributed by atoms with Crippen LogP contribution in [0, 0.1) is 12.3 Å². The number of carbonyl (C=O) groups excluding carboxylic acids is 2. The highest BCUT2D eigenvalue weighted by atomic mass is 32.1. The van der Waals surface area contributed by atoms with Gasteiger partial charge in [-0.05, 0) is 42.7 Å². The highest BCUT2D eigenvalue weighted by Gasteiger charge is 2.30. The van der Waals surface area contributed by atoms with Gasteiger partial charge in [-0.3, -0.25) is 9.59 Å². The topological polar surface area (TPSA) is 59.1 Å². The standard InChI is InChI=1S/C22H14N2O2S/c1-3-5-8-13(4-2)22(26)23-16-11-12-17-19-18(16)21(25)15-10-7-6-9-14(15)20(19)24-27-17/h1,4-12H,2H3,(H,23,26)/b8-5-,13-4+. The number of terminal acetylenes is 1. The molecule has 1 N–H and O–H groups in total. The summed E-state index contributed by atoms with van der Waals surface area (Å²) >= 11 is 1.35. The number of aromatic nitrogens is 1. The molecule has 27 heavy (non-hydrogen) atoms. The molecule has 0 saturated heterocycles. The van der Waals surface area contributed by atoms with Gasteiger partial charge in [0.1, 0.15) is 0 Å². The van der Waals surface area contributed by atoms with Gasteiger partial charge >= 0.3 is 0 Å². The number of anilines is 1. The number of carbonyl (C=O) groups is 2. The Bertz CT molecular complexity index is 1210. The van der Waals surface area contributed by atoms with E-state index in [1.807, 2.05) is 24.3 Å². The monoisotopic (exact) mass is 370 g/mol. The van der Waals surface area contributed by atoms with Crippen molar-refractivity contribution in [3.63, 3.8) is 0 Å². The van der Waals surface area contributed by atoms with Crippen molar-refractivity contribution in [1.29, 1.82) is 0 Å². The largest absolute Gasteiger partial charge is 0.321 e. The predicted octanol–water partition coefficient (Wildman–Crippen LogP) is 4.58. The third-order valence-electron chi connectivity index (χ3n) is 4.47. The third kappa shape index (κ3) is 2.67. The molecule has 1 heterocycles. The Morgan fingerprint density at radius 1 is 1.22 bits per heavy atom. The van der Waals surface area contributed by atoms with Gasteiger partial charge in [-0.2, -0.15) is 4.37 Å². The maximum atomic E-state index is 13.2. The number of rotatable bonds is 3. The molecule has 130 valence electrons. The molecule has 0 spiro atoms. The zero-order valence-electron chi connectivity index (χ0n) is 14.4. The number of allylic oxidation sites excluding steroid dienone is 2. The van der Waals surface area contributed by atoms with E-state index in [0.29, 0.717) is 22.4 Å². The van der Waals surface area contributed by atoms with Crippen LogP contribution in [0.3, 0.4) is 0 Å². The Hall–Kier alpha value is -3.49. The van der Waals surface area contributed by atoms with Crippen LogP contribution in [0.5, 0.6) is 0 Å². The zero-order valence-corrected chi connectivity index (χ0v) is 15.3. The smallest absolute Gasteiger partial charge is 0.255 e. The molecule has 0 unspecified atom stereocenters. The van der Waals surface area contributed by atoms with Crippen LogP contribution in [0.15, 0.2) is 60.2 Å². The van der Waals surface area contributed by atoms with Gasteiger partial charge < -0.3 is 5.32 Å². The van der Waals surface area contributed by atoms with Crippen molar-refractivity contribution in [2.75, 3.05) is 5.32 Å². The second-order valence-electron chi connectivity index (χ2n) is 5.97. The molecular weight excluding hydrogens is 356 g/mol. The van der Waals surface area contributed by atoms with Crippen molar-refractivity contribution in [2.45, 2.75) is 6.92 Å². The first-order chi connectivity index (χ1) is 13.2. The molecular formula is C22H14N2O2S. The van der Waals surface area contributed by atoms with Crippen molar-refractivity contribution in [1.82, 2.24) is 4.37 Å². The minimum Gasteiger partial charge on any atom is -0.321 e. The van der Waals surface area contributed by atoms with Crippen LogP contribution in [0.25, 0.3) is 21.3 Å². The molecule has 4 nitrogen and oxygen atoms in total. The first-order valence-corrected chi connectivity index (χ1v) is 9.10. The summed E-state index contributed by atoms with van der Waals surface area (Å²) in [6, 6.07) is 11.0. The number of amides is 1. The second kappa shape index (κ2) is 6.67. The number of nitrogens with one attached hydrogen (secondary N) is 1. The van der Waals surface area contributed by atoms with E-state index in [9.17, 15) is 9.59 Å². The Morgan fingerprint density at radius 2 is 2.00 bits per heavy atom. The Labute approximate surface area is 160 Å². The van der Waals surface area contributed by atoms with Crippen molar-refractivity contribution < 1.29 is 9.59 Å². The first-order valence-electron chi connectivity index (χ1n) is 8.32. The van der Waals surface area contributed by atoms with Crippen molar-refractivity contribution >= 4 is 39.0 Å². The van der Waals surface area contributed by atoms with E-state index in [1.54, 1.807) is 31.2 Å². The molecule has 0 fully saturated rings. The summed E-state index contributed by atoms with van der Waals surface area (Å²) in [6.45, 7) is 1.76. The van der Waals surface area contributed by atoms with Crippen molar-refractivity contribution in [2.24, 2.45) is 0 Å². The van der Waals surface area contributed by atoms with Gasteiger partial charge in [0, 0.05) is 22.1 Å². The number of benzene rings is 2. The van der Waals surface area contributed by atoms with Gasteiger partial charge in [-0.1, -0.05) is 36.3 Å². The molecule has 1 aliphatic rings. The molecule has 1 aliphatic carbocycles. The van der Waals surface area contributed by atoms with Crippen LogP contribution in [0.4, 0.5) is 5.69 Å². The second-order valence-corrected chi connectivity index (χ2v) is 6.77.